The molecule has 0 aliphatic rings. The van der Waals surface area contributed by atoms with Crippen molar-refractivity contribution in [1.82, 2.24) is 9.78 Å². The van der Waals surface area contributed by atoms with Crippen molar-refractivity contribution in [3.05, 3.63) is 72.6 Å². The lowest BCUT2D eigenvalue weighted by Crippen LogP contribution is -2.13. The molecule has 0 aliphatic heterocycles. The van der Waals surface area contributed by atoms with Gasteiger partial charge in [0.05, 0.1) is 5.69 Å². The lowest BCUT2D eigenvalue weighted by atomic mass is 10.3. The van der Waals surface area contributed by atoms with Crippen LogP contribution in [0, 0.1) is 0 Å². The number of hydrogen-bond donors (Lipinski definition) is 1. The molecule has 1 N–H and O–H groups in total. The molecule has 3 rings (SSSR count). The Labute approximate surface area is 139 Å². The van der Waals surface area contributed by atoms with Crippen molar-refractivity contribution in [2.24, 2.45) is 0 Å². The lowest BCUT2D eigenvalue weighted by molar-refractivity contribution is 0.102. The molecular formula is C18H17N3OS. The minimum absolute atomic E-state index is 0.196. The van der Waals surface area contributed by atoms with E-state index in [2.05, 4.69) is 10.4 Å². The molecule has 0 aliphatic carbocycles. The number of hydrogen-bond acceptors (Lipinski definition) is 3. The van der Waals surface area contributed by atoms with Gasteiger partial charge in [-0.25, -0.2) is 0 Å². The maximum Gasteiger partial charge on any atom is 0.276 e. The molecule has 1 amide bonds. The minimum atomic E-state index is -0.196. The van der Waals surface area contributed by atoms with Gasteiger partial charge < -0.3 is 5.32 Å². The van der Waals surface area contributed by atoms with Crippen molar-refractivity contribution in [3.8, 4) is 0 Å². The Balaban J connectivity index is 1.79. The molecule has 0 bridgehead atoms. The lowest BCUT2D eigenvalue weighted by Gasteiger charge is -2.09. The van der Waals surface area contributed by atoms with Crippen LogP contribution in [0.5, 0.6) is 0 Å². The predicted octanol–water partition coefficient (Wildman–Crippen LogP) is 4.31. The summed E-state index contributed by atoms with van der Waals surface area (Å²) in [6, 6.07) is 19.6. The molecule has 116 valence electrons. The highest BCUT2D eigenvalue weighted by Gasteiger charge is 2.12. The minimum Gasteiger partial charge on any atom is -0.320 e. The normalized spacial score (nSPS) is 10.5. The van der Waals surface area contributed by atoms with Crippen LogP contribution in [0.25, 0.3) is 0 Å². The molecule has 1 aromatic heterocycles. The van der Waals surface area contributed by atoms with E-state index in [1.807, 2.05) is 61.5 Å². The van der Waals surface area contributed by atoms with Crippen LogP contribution in [0.3, 0.4) is 0 Å². The maximum atomic E-state index is 12.4. The second-order valence-electron chi connectivity index (χ2n) is 4.92. The third kappa shape index (κ3) is 3.81. The van der Waals surface area contributed by atoms with Crippen LogP contribution >= 0.6 is 11.8 Å². The first kappa shape index (κ1) is 15.4. The molecule has 3 aromatic rings. The van der Waals surface area contributed by atoms with E-state index in [0.29, 0.717) is 5.69 Å². The Morgan fingerprint density at radius 3 is 2.57 bits per heavy atom. The summed E-state index contributed by atoms with van der Waals surface area (Å²) in [6.45, 7) is 2.73. The first-order valence-electron chi connectivity index (χ1n) is 7.43. The number of rotatable bonds is 5. The maximum absolute atomic E-state index is 12.4. The second kappa shape index (κ2) is 7.15. The number of carbonyl (C=O) groups is 1. The van der Waals surface area contributed by atoms with Gasteiger partial charge in [-0.15, -0.1) is 0 Å². The van der Waals surface area contributed by atoms with Gasteiger partial charge in [-0.05, 0) is 37.3 Å². The van der Waals surface area contributed by atoms with Crippen molar-refractivity contribution in [2.45, 2.75) is 23.3 Å². The zero-order valence-corrected chi connectivity index (χ0v) is 13.6. The van der Waals surface area contributed by atoms with Crippen LogP contribution in [0.4, 0.5) is 5.69 Å². The van der Waals surface area contributed by atoms with Crippen LogP contribution in [-0.4, -0.2) is 15.7 Å². The smallest absolute Gasteiger partial charge is 0.276 e. The predicted molar refractivity (Wildman–Crippen MR) is 92.9 cm³/mol. The summed E-state index contributed by atoms with van der Waals surface area (Å²) in [6.07, 6.45) is 1.81. The van der Waals surface area contributed by atoms with Gasteiger partial charge in [-0.2, -0.15) is 5.10 Å². The Bertz CT molecular complexity index is 799. The molecule has 0 atom stereocenters. The Hall–Kier alpha value is -2.53. The Morgan fingerprint density at radius 2 is 1.83 bits per heavy atom. The molecule has 23 heavy (non-hydrogen) atoms. The van der Waals surface area contributed by atoms with E-state index in [9.17, 15) is 4.79 Å². The molecule has 2 aromatic carbocycles. The Kier molecular flexibility index (Phi) is 4.78. The highest BCUT2D eigenvalue weighted by atomic mass is 32.2. The van der Waals surface area contributed by atoms with Gasteiger partial charge in [-0.3, -0.25) is 9.48 Å². The zero-order chi connectivity index (χ0) is 16.1. The van der Waals surface area contributed by atoms with Gasteiger partial charge in [0.25, 0.3) is 5.91 Å². The molecule has 0 saturated heterocycles. The summed E-state index contributed by atoms with van der Waals surface area (Å²) in [5.74, 6) is -0.196. The van der Waals surface area contributed by atoms with Crippen LogP contribution in [0.15, 0.2) is 76.7 Å². The first-order valence-corrected chi connectivity index (χ1v) is 8.24. The number of aromatic nitrogens is 2. The number of aryl methyl sites for hydroxylation is 1. The van der Waals surface area contributed by atoms with Gasteiger partial charge in [0.1, 0.15) is 0 Å². The number of anilines is 1. The molecule has 0 unspecified atom stereocenters. The molecule has 0 radical (unpaired) electrons. The standard InChI is InChI=1S/C18H17N3OS/c1-2-21-13-12-16(20-21)18(22)19-15-10-6-7-11-17(15)23-14-8-4-3-5-9-14/h3-13H,2H2,1H3,(H,19,22). The van der Waals surface area contributed by atoms with Crippen molar-refractivity contribution in [1.29, 1.82) is 0 Å². The first-order chi connectivity index (χ1) is 11.3. The summed E-state index contributed by atoms with van der Waals surface area (Å²) in [5, 5.41) is 7.19. The molecule has 5 heteroatoms. The third-order valence-corrected chi connectivity index (χ3v) is 4.39. The fraction of sp³-hybridized carbons (Fsp3) is 0.111. The van der Waals surface area contributed by atoms with E-state index in [4.69, 9.17) is 0 Å². The van der Waals surface area contributed by atoms with Gasteiger partial charge in [-0.1, -0.05) is 42.1 Å². The number of benzene rings is 2. The van der Waals surface area contributed by atoms with Crippen LogP contribution in [0.2, 0.25) is 0 Å². The molecule has 4 nitrogen and oxygen atoms in total. The summed E-state index contributed by atoms with van der Waals surface area (Å²) in [4.78, 5) is 14.5. The highest BCUT2D eigenvalue weighted by molar-refractivity contribution is 7.99. The van der Waals surface area contributed by atoms with Crippen molar-refractivity contribution in [2.75, 3.05) is 5.32 Å². The fourth-order valence-electron chi connectivity index (χ4n) is 2.12. The van der Waals surface area contributed by atoms with Gasteiger partial charge >= 0.3 is 0 Å². The summed E-state index contributed by atoms with van der Waals surface area (Å²) in [5.41, 5.74) is 1.21. The summed E-state index contributed by atoms with van der Waals surface area (Å²) in [7, 11) is 0. The van der Waals surface area contributed by atoms with Gasteiger partial charge in [0.2, 0.25) is 0 Å². The number of carbonyl (C=O) groups excluding carboxylic acids is 1. The molecular weight excluding hydrogens is 306 g/mol. The van der Waals surface area contributed by atoms with Crippen molar-refractivity contribution < 1.29 is 4.79 Å². The summed E-state index contributed by atoms with van der Waals surface area (Å²) < 4.78 is 1.74. The van der Waals surface area contributed by atoms with E-state index in [1.165, 1.54) is 0 Å². The topological polar surface area (TPSA) is 46.9 Å². The van der Waals surface area contributed by atoms with Crippen LogP contribution in [0.1, 0.15) is 17.4 Å². The van der Waals surface area contributed by atoms with E-state index >= 15 is 0 Å². The van der Waals surface area contributed by atoms with E-state index in [1.54, 1.807) is 28.7 Å². The average molecular weight is 323 g/mol. The molecule has 0 spiro atoms. The zero-order valence-electron chi connectivity index (χ0n) is 12.8. The number of nitrogens with one attached hydrogen (secondary N) is 1. The highest BCUT2D eigenvalue weighted by Crippen LogP contribution is 2.33. The second-order valence-corrected chi connectivity index (χ2v) is 6.04. The average Bonchev–Trinajstić information content (AvgIpc) is 3.07. The largest absolute Gasteiger partial charge is 0.320 e. The summed E-state index contributed by atoms with van der Waals surface area (Å²) >= 11 is 1.62. The molecule has 0 fully saturated rings. The number of nitrogens with zero attached hydrogens (tertiary/aromatic N) is 2. The van der Waals surface area contributed by atoms with Gasteiger partial charge in [0.15, 0.2) is 5.69 Å². The quantitative estimate of drug-likeness (QED) is 0.761. The van der Waals surface area contributed by atoms with Gasteiger partial charge in [0, 0.05) is 22.5 Å². The molecule has 1 heterocycles. The molecule has 0 saturated carbocycles. The monoisotopic (exact) mass is 323 g/mol. The Morgan fingerprint density at radius 1 is 1.09 bits per heavy atom. The van der Waals surface area contributed by atoms with E-state index in [0.717, 1.165) is 22.0 Å². The van der Waals surface area contributed by atoms with E-state index in [-0.39, 0.29) is 5.91 Å². The SMILES string of the molecule is CCn1ccc(C(=O)Nc2ccccc2Sc2ccccc2)n1. The van der Waals surface area contributed by atoms with E-state index < -0.39 is 0 Å². The van der Waals surface area contributed by atoms with Crippen molar-refractivity contribution in [3.63, 3.8) is 0 Å². The number of amides is 1. The number of para-hydroxylation sites is 1. The fourth-order valence-corrected chi connectivity index (χ4v) is 3.04. The third-order valence-electron chi connectivity index (χ3n) is 3.30. The van der Waals surface area contributed by atoms with Crippen molar-refractivity contribution >= 4 is 23.4 Å². The van der Waals surface area contributed by atoms with Crippen LogP contribution in [-0.2, 0) is 6.54 Å². The van der Waals surface area contributed by atoms with Crippen LogP contribution < -0.4 is 5.32 Å².